The third-order valence-corrected chi connectivity index (χ3v) is 4.10. The summed E-state index contributed by atoms with van der Waals surface area (Å²) >= 11 is 1.75. The fourth-order valence-corrected chi connectivity index (χ4v) is 2.82. The van der Waals surface area contributed by atoms with E-state index in [9.17, 15) is 0 Å². The molecule has 0 aliphatic carbocycles. The molecule has 3 nitrogen and oxygen atoms in total. The van der Waals surface area contributed by atoms with Crippen LogP contribution in [0.2, 0.25) is 0 Å². The number of rotatable bonds is 4. The van der Waals surface area contributed by atoms with Gasteiger partial charge in [-0.05, 0) is 31.0 Å². The van der Waals surface area contributed by atoms with Crippen LogP contribution in [-0.2, 0) is 6.54 Å². The molecule has 0 fully saturated rings. The number of aromatic nitrogens is 2. The Morgan fingerprint density at radius 2 is 2.12 bits per heavy atom. The van der Waals surface area contributed by atoms with E-state index in [1.165, 1.54) is 9.75 Å². The third-order valence-electron chi connectivity index (χ3n) is 2.89. The van der Waals surface area contributed by atoms with Crippen LogP contribution in [0.5, 0.6) is 0 Å². The topological polar surface area (TPSA) is 43.8 Å². The van der Waals surface area contributed by atoms with Crippen molar-refractivity contribution in [1.82, 2.24) is 9.78 Å². The first-order chi connectivity index (χ1) is 8.11. The summed E-state index contributed by atoms with van der Waals surface area (Å²) < 4.78 is 1.94. The predicted octanol–water partition coefficient (Wildman–Crippen LogP) is 3.29. The second-order valence-corrected chi connectivity index (χ2v) is 5.64. The highest BCUT2D eigenvalue weighted by atomic mass is 32.1. The highest BCUT2D eigenvalue weighted by Gasteiger charge is 2.14. The molecule has 17 heavy (non-hydrogen) atoms. The molecule has 0 radical (unpaired) electrons. The van der Waals surface area contributed by atoms with Crippen LogP contribution in [-0.4, -0.2) is 9.78 Å². The largest absolute Gasteiger partial charge is 0.323 e. The molecule has 1 unspecified atom stereocenters. The molecule has 0 saturated carbocycles. The van der Waals surface area contributed by atoms with Crippen LogP contribution in [0, 0.1) is 5.92 Å². The first-order valence-electron chi connectivity index (χ1n) is 6.01. The van der Waals surface area contributed by atoms with Gasteiger partial charge in [0.25, 0.3) is 0 Å². The minimum atomic E-state index is 0.127. The number of thiophene rings is 1. The maximum Gasteiger partial charge on any atom is 0.102 e. The zero-order valence-electron chi connectivity index (χ0n) is 10.6. The van der Waals surface area contributed by atoms with Gasteiger partial charge in [0, 0.05) is 23.7 Å². The lowest BCUT2D eigenvalue weighted by Crippen LogP contribution is -2.14. The Morgan fingerprint density at radius 3 is 2.71 bits per heavy atom. The zero-order chi connectivity index (χ0) is 12.4. The minimum absolute atomic E-state index is 0.127. The maximum atomic E-state index is 6.15. The Bertz CT molecular complexity index is 484. The molecule has 0 bridgehead atoms. The third kappa shape index (κ3) is 2.58. The van der Waals surface area contributed by atoms with E-state index in [0.29, 0.717) is 5.92 Å². The molecule has 0 aromatic carbocycles. The summed E-state index contributed by atoms with van der Waals surface area (Å²) in [6.45, 7) is 7.29. The number of nitrogens with two attached hydrogens (primary N) is 1. The highest BCUT2D eigenvalue weighted by molar-refractivity contribution is 7.15. The molecular weight excluding hydrogens is 230 g/mol. The summed E-state index contributed by atoms with van der Waals surface area (Å²) in [4.78, 5) is 2.43. The molecular formula is C13H19N3S. The number of nitrogens with zero attached hydrogens (tertiary/aromatic N) is 2. The van der Waals surface area contributed by atoms with Gasteiger partial charge in [-0.25, -0.2) is 0 Å². The highest BCUT2D eigenvalue weighted by Crippen LogP contribution is 2.32. The van der Waals surface area contributed by atoms with Crippen molar-refractivity contribution in [2.45, 2.75) is 33.4 Å². The SMILES string of the molecule is CCn1ccc(-c2ccc(C(N)C(C)C)s2)n1. The quantitative estimate of drug-likeness (QED) is 0.903. The molecule has 0 aliphatic rings. The van der Waals surface area contributed by atoms with E-state index in [0.717, 1.165) is 12.2 Å². The Balaban J connectivity index is 2.23. The smallest absolute Gasteiger partial charge is 0.102 e. The van der Waals surface area contributed by atoms with Crippen LogP contribution in [0.3, 0.4) is 0 Å². The fourth-order valence-electron chi connectivity index (χ4n) is 1.67. The summed E-state index contributed by atoms with van der Waals surface area (Å²) in [5.41, 5.74) is 7.19. The normalized spacial score (nSPS) is 13.2. The van der Waals surface area contributed by atoms with Crippen molar-refractivity contribution >= 4 is 11.3 Å². The first kappa shape index (κ1) is 12.3. The number of aryl methyl sites for hydroxylation is 1. The maximum absolute atomic E-state index is 6.15. The fraction of sp³-hybridized carbons (Fsp3) is 0.462. The average Bonchev–Trinajstić information content (AvgIpc) is 2.96. The van der Waals surface area contributed by atoms with Gasteiger partial charge in [-0.3, -0.25) is 4.68 Å². The van der Waals surface area contributed by atoms with Crippen molar-refractivity contribution in [2.75, 3.05) is 0 Å². The predicted molar refractivity (Wildman–Crippen MR) is 73.0 cm³/mol. The molecule has 4 heteroatoms. The molecule has 2 aromatic heterocycles. The van der Waals surface area contributed by atoms with Crippen LogP contribution in [0.1, 0.15) is 31.7 Å². The van der Waals surface area contributed by atoms with Crippen LogP contribution >= 0.6 is 11.3 Å². The van der Waals surface area contributed by atoms with E-state index in [1.807, 2.05) is 10.9 Å². The van der Waals surface area contributed by atoms with Crippen LogP contribution < -0.4 is 5.73 Å². The van der Waals surface area contributed by atoms with E-state index in [1.54, 1.807) is 11.3 Å². The van der Waals surface area contributed by atoms with E-state index in [2.05, 4.69) is 44.1 Å². The van der Waals surface area contributed by atoms with Crippen LogP contribution in [0.4, 0.5) is 0 Å². The van der Waals surface area contributed by atoms with Crippen molar-refractivity contribution in [3.63, 3.8) is 0 Å². The van der Waals surface area contributed by atoms with Gasteiger partial charge in [-0.15, -0.1) is 11.3 Å². The van der Waals surface area contributed by atoms with E-state index < -0.39 is 0 Å². The second kappa shape index (κ2) is 5.02. The summed E-state index contributed by atoms with van der Waals surface area (Å²) in [5.74, 6) is 0.467. The van der Waals surface area contributed by atoms with Crippen molar-refractivity contribution in [3.8, 4) is 10.6 Å². The molecule has 0 amide bonds. The second-order valence-electron chi connectivity index (χ2n) is 4.53. The van der Waals surface area contributed by atoms with Crippen molar-refractivity contribution in [3.05, 3.63) is 29.3 Å². The van der Waals surface area contributed by atoms with Gasteiger partial charge in [-0.1, -0.05) is 13.8 Å². The monoisotopic (exact) mass is 249 g/mol. The summed E-state index contributed by atoms with van der Waals surface area (Å²) in [6.07, 6.45) is 2.01. The van der Waals surface area contributed by atoms with Gasteiger partial charge in [-0.2, -0.15) is 5.10 Å². The zero-order valence-corrected chi connectivity index (χ0v) is 11.4. The lowest BCUT2D eigenvalue weighted by Gasteiger charge is -2.12. The molecule has 2 heterocycles. The average molecular weight is 249 g/mol. The molecule has 2 N–H and O–H groups in total. The van der Waals surface area contributed by atoms with Crippen molar-refractivity contribution in [2.24, 2.45) is 11.7 Å². The van der Waals surface area contributed by atoms with Crippen molar-refractivity contribution < 1.29 is 0 Å². The molecule has 2 rings (SSSR count). The van der Waals surface area contributed by atoms with Gasteiger partial charge >= 0.3 is 0 Å². The Morgan fingerprint density at radius 1 is 1.35 bits per heavy atom. The lowest BCUT2D eigenvalue weighted by atomic mass is 10.0. The molecule has 92 valence electrons. The van der Waals surface area contributed by atoms with E-state index >= 15 is 0 Å². The van der Waals surface area contributed by atoms with Gasteiger partial charge in [0.05, 0.1) is 4.88 Å². The summed E-state index contributed by atoms with van der Waals surface area (Å²) in [5, 5.41) is 4.50. The molecule has 0 saturated heterocycles. The Hall–Kier alpha value is -1.13. The van der Waals surface area contributed by atoms with E-state index in [-0.39, 0.29) is 6.04 Å². The van der Waals surface area contributed by atoms with Gasteiger partial charge in [0.2, 0.25) is 0 Å². The molecule has 0 aliphatic heterocycles. The molecule has 2 aromatic rings. The number of hydrogen-bond donors (Lipinski definition) is 1. The van der Waals surface area contributed by atoms with Gasteiger partial charge < -0.3 is 5.73 Å². The van der Waals surface area contributed by atoms with Gasteiger partial charge in [0.15, 0.2) is 0 Å². The van der Waals surface area contributed by atoms with E-state index in [4.69, 9.17) is 5.73 Å². The van der Waals surface area contributed by atoms with Gasteiger partial charge in [0.1, 0.15) is 5.69 Å². The standard InChI is InChI=1S/C13H19N3S/c1-4-16-8-7-10(15-16)11-5-6-12(17-11)13(14)9(2)3/h5-9,13H,4,14H2,1-3H3. The molecule has 1 atom stereocenters. The minimum Gasteiger partial charge on any atom is -0.323 e. The Kier molecular flexibility index (Phi) is 3.64. The summed E-state index contributed by atoms with van der Waals surface area (Å²) in [7, 11) is 0. The summed E-state index contributed by atoms with van der Waals surface area (Å²) in [6, 6.07) is 6.42. The number of hydrogen-bond acceptors (Lipinski definition) is 3. The molecule has 0 spiro atoms. The van der Waals surface area contributed by atoms with Crippen LogP contribution in [0.25, 0.3) is 10.6 Å². The van der Waals surface area contributed by atoms with Crippen LogP contribution in [0.15, 0.2) is 24.4 Å². The lowest BCUT2D eigenvalue weighted by molar-refractivity contribution is 0.521. The Labute approximate surface area is 106 Å². The first-order valence-corrected chi connectivity index (χ1v) is 6.82. The van der Waals surface area contributed by atoms with Crippen molar-refractivity contribution in [1.29, 1.82) is 0 Å².